The molecule has 28 heavy (non-hydrogen) atoms. The Morgan fingerprint density at radius 2 is 1.79 bits per heavy atom. The van der Waals surface area contributed by atoms with Crippen molar-refractivity contribution >= 4 is 17.5 Å². The molecule has 2 aromatic rings. The van der Waals surface area contributed by atoms with Crippen molar-refractivity contribution < 1.29 is 9.53 Å². The van der Waals surface area contributed by atoms with Crippen LogP contribution < -0.4 is 10.1 Å². The fraction of sp³-hybridized carbons (Fsp3) is 0.409. The van der Waals surface area contributed by atoms with Crippen molar-refractivity contribution in [2.24, 2.45) is 0 Å². The molecule has 0 bridgehead atoms. The molecule has 0 spiro atoms. The maximum atomic E-state index is 12.4. The normalized spacial score (nSPS) is 16.5. The van der Waals surface area contributed by atoms with Gasteiger partial charge in [0, 0.05) is 37.7 Å². The molecule has 1 unspecified atom stereocenters. The molecule has 1 saturated heterocycles. The van der Waals surface area contributed by atoms with E-state index >= 15 is 0 Å². The third-order valence-electron chi connectivity index (χ3n) is 5.18. The highest BCUT2D eigenvalue weighted by Gasteiger charge is 2.24. The smallest absolute Gasteiger partial charge is 0.258 e. The van der Waals surface area contributed by atoms with Crippen molar-refractivity contribution in [2.45, 2.75) is 13.0 Å². The minimum atomic E-state index is -0.114. The monoisotopic (exact) mass is 401 g/mol. The number of carbonyl (C=O) groups is 1. The second kappa shape index (κ2) is 9.92. The average molecular weight is 402 g/mol. The van der Waals surface area contributed by atoms with Crippen molar-refractivity contribution in [3.05, 3.63) is 64.7 Å². The molecule has 1 aliphatic heterocycles. The standard InChI is InChI=1S/C22H28ClN3O2/c1-17-5-3-4-6-21(17)28-16-22(27)24-15-20(18-7-9-19(23)10-8-18)26-13-11-25(2)12-14-26/h3-10,20H,11-16H2,1-2H3,(H,24,27). The Kier molecular flexibility index (Phi) is 7.31. The SMILES string of the molecule is Cc1ccccc1OCC(=O)NCC(c1ccc(Cl)cc1)N1CCN(C)CC1. The number of carbonyl (C=O) groups excluding carboxylic acids is 1. The van der Waals surface area contributed by atoms with Gasteiger partial charge in [0.15, 0.2) is 6.61 Å². The number of ether oxygens (including phenoxy) is 1. The minimum absolute atomic E-state index is 0.0148. The van der Waals surface area contributed by atoms with Crippen LogP contribution in [0, 0.1) is 6.92 Å². The summed E-state index contributed by atoms with van der Waals surface area (Å²) in [5.74, 6) is 0.627. The van der Waals surface area contributed by atoms with Crippen molar-refractivity contribution in [2.75, 3.05) is 46.4 Å². The number of amides is 1. The van der Waals surface area contributed by atoms with Gasteiger partial charge in [-0.15, -0.1) is 0 Å². The first-order chi connectivity index (χ1) is 13.5. The maximum Gasteiger partial charge on any atom is 0.258 e. The summed E-state index contributed by atoms with van der Waals surface area (Å²) in [6, 6.07) is 15.7. The Morgan fingerprint density at radius 1 is 1.11 bits per heavy atom. The van der Waals surface area contributed by atoms with Gasteiger partial charge < -0.3 is 15.0 Å². The van der Waals surface area contributed by atoms with Crippen LogP contribution >= 0.6 is 11.6 Å². The van der Waals surface area contributed by atoms with Gasteiger partial charge in [-0.2, -0.15) is 0 Å². The van der Waals surface area contributed by atoms with Crippen LogP contribution in [0.4, 0.5) is 0 Å². The van der Waals surface area contributed by atoms with Crippen LogP contribution in [-0.2, 0) is 4.79 Å². The van der Waals surface area contributed by atoms with E-state index in [1.165, 1.54) is 0 Å². The van der Waals surface area contributed by atoms with Gasteiger partial charge in [0.2, 0.25) is 0 Å². The highest BCUT2D eigenvalue weighted by molar-refractivity contribution is 6.30. The van der Waals surface area contributed by atoms with E-state index in [1.807, 2.05) is 55.5 Å². The average Bonchev–Trinajstić information content (AvgIpc) is 2.70. The molecule has 1 aliphatic rings. The van der Waals surface area contributed by atoms with Gasteiger partial charge in [0.25, 0.3) is 5.91 Å². The summed E-state index contributed by atoms with van der Waals surface area (Å²) >= 11 is 6.05. The van der Waals surface area contributed by atoms with E-state index in [1.54, 1.807) is 0 Å². The lowest BCUT2D eigenvalue weighted by Gasteiger charge is -2.38. The van der Waals surface area contributed by atoms with E-state index in [9.17, 15) is 4.79 Å². The Balaban J connectivity index is 1.60. The van der Waals surface area contributed by atoms with Gasteiger partial charge in [0.1, 0.15) is 5.75 Å². The second-order valence-electron chi connectivity index (χ2n) is 7.26. The van der Waals surface area contributed by atoms with Crippen LogP contribution in [0.15, 0.2) is 48.5 Å². The number of likely N-dealkylation sites (N-methyl/N-ethyl adjacent to an activating group) is 1. The summed E-state index contributed by atoms with van der Waals surface area (Å²) in [4.78, 5) is 17.1. The molecule has 0 aliphatic carbocycles. The van der Waals surface area contributed by atoms with Crippen LogP contribution in [0.2, 0.25) is 5.02 Å². The lowest BCUT2D eigenvalue weighted by Crippen LogP contribution is -2.48. The fourth-order valence-electron chi connectivity index (χ4n) is 3.40. The second-order valence-corrected chi connectivity index (χ2v) is 7.70. The molecule has 1 amide bonds. The van der Waals surface area contributed by atoms with Crippen molar-refractivity contribution in [1.29, 1.82) is 0 Å². The molecule has 1 heterocycles. The fourth-order valence-corrected chi connectivity index (χ4v) is 3.53. The van der Waals surface area contributed by atoms with Crippen LogP contribution in [-0.4, -0.2) is 62.1 Å². The quantitative estimate of drug-likeness (QED) is 0.774. The van der Waals surface area contributed by atoms with Gasteiger partial charge in [-0.1, -0.05) is 41.9 Å². The molecule has 150 valence electrons. The van der Waals surface area contributed by atoms with Crippen molar-refractivity contribution in [3.8, 4) is 5.75 Å². The van der Waals surface area contributed by atoms with E-state index in [-0.39, 0.29) is 18.6 Å². The van der Waals surface area contributed by atoms with Crippen molar-refractivity contribution in [1.82, 2.24) is 15.1 Å². The summed E-state index contributed by atoms with van der Waals surface area (Å²) < 4.78 is 5.66. The summed E-state index contributed by atoms with van der Waals surface area (Å²) in [6.07, 6.45) is 0. The predicted octanol–water partition coefficient (Wildman–Crippen LogP) is 3.13. The molecule has 0 aromatic heterocycles. The molecule has 3 rings (SSSR count). The first kappa shape index (κ1) is 20.6. The number of rotatable bonds is 7. The lowest BCUT2D eigenvalue weighted by atomic mass is 10.0. The Labute approximate surface area is 172 Å². The molecule has 2 aromatic carbocycles. The largest absolute Gasteiger partial charge is 0.484 e. The van der Waals surface area contributed by atoms with Crippen LogP contribution in [0.5, 0.6) is 5.75 Å². The molecule has 6 heteroatoms. The molecule has 0 saturated carbocycles. The number of hydrogen-bond acceptors (Lipinski definition) is 4. The maximum absolute atomic E-state index is 12.4. The predicted molar refractivity (Wildman–Crippen MR) is 113 cm³/mol. The van der Waals surface area contributed by atoms with Crippen LogP contribution in [0.3, 0.4) is 0 Å². The third-order valence-corrected chi connectivity index (χ3v) is 5.43. The molecule has 0 radical (unpaired) electrons. The number of hydrogen-bond donors (Lipinski definition) is 1. The zero-order valence-corrected chi connectivity index (χ0v) is 17.3. The van der Waals surface area contributed by atoms with Crippen molar-refractivity contribution in [3.63, 3.8) is 0 Å². The molecule has 1 fully saturated rings. The zero-order chi connectivity index (χ0) is 19.9. The highest BCUT2D eigenvalue weighted by atomic mass is 35.5. The summed E-state index contributed by atoms with van der Waals surface area (Å²) in [5.41, 5.74) is 2.18. The molecular formula is C22H28ClN3O2. The van der Waals surface area contributed by atoms with Crippen LogP contribution in [0.25, 0.3) is 0 Å². The van der Waals surface area contributed by atoms with E-state index in [4.69, 9.17) is 16.3 Å². The number of halogens is 1. The number of nitrogens with one attached hydrogen (secondary N) is 1. The Morgan fingerprint density at radius 3 is 2.46 bits per heavy atom. The van der Waals surface area contributed by atoms with Gasteiger partial charge in [-0.3, -0.25) is 9.69 Å². The number of para-hydroxylation sites is 1. The molecule has 5 nitrogen and oxygen atoms in total. The summed E-state index contributed by atoms with van der Waals surface area (Å²) in [6.45, 7) is 6.51. The van der Waals surface area contributed by atoms with Gasteiger partial charge in [0.05, 0.1) is 6.04 Å². The summed E-state index contributed by atoms with van der Waals surface area (Å²) in [7, 11) is 2.14. The Hall–Kier alpha value is -2.08. The zero-order valence-electron chi connectivity index (χ0n) is 16.5. The number of aryl methyl sites for hydroxylation is 1. The number of benzene rings is 2. The molecule has 1 N–H and O–H groups in total. The number of nitrogens with zero attached hydrogens (tertiary/aromatic N) is 2. The van der Waals surface area contributed by atoms with E-state index in [2.05, 4.69) is 22.2 Å². The highest BCUT2D eigenvalue weighted by Crippen LogP contribution is 2.23. The topological polar surface area (TPSA) is 44.8 Å². The summed E-state index contributed by atoms with van der Waals surface area (Å²) in [5, 5.41) is 3.76. The van der Waals surface area contributed by atoms with Gasteiger partial charge >= 0.3 is 0 Å². The van der Waals surface area contributed by atoms with E-state index in [0.29, 0.717) is 6.54 Å². The van der Waals surface area contributed by atoms with E-state index < -0.39 is 0 Å². The minimum Gasteiger partial charge on any atom is -0.484 e. The number of piperazine rings is 1. The van der Waals surface area contributed by atoms with Gasteiger partial charge in [-0.05, 0) is 43.3 Å². The van der Waals surface area contributed by atoms with E-state index in [0.717, 1.165) is 48.1 Å². The first-order valence-electron chi connectivity index (χ1n) is 9.66. The third kappa shape index (κ3) is 5.71. The Bertz CT molecular complexity index is 774. The molecular weight excluding hydrogens is 374 g/mol. The van der Waals surface area contributed by atoms with Crippen LogP contribution in [0.1, 0.15) is 17.2 Å². The molecule has 1 atom stereocenters. The van der Waals surface area contributed by atoms with Gasteiger partial charge in [-0.25, -0.2) is 0 Å². The lowest BCUT2D eigenvalue weighted by molar-refractivity contribution is -0.123. The first-order valence-corrected chi connectivity index (χ1v) is 10.0.